The molecule has 0 saturated carbocycles. The number of alkyl halides is 2. The van der Waals surface area contributed by atoms with E-state index in [2.05, 4.69) is 52.6 Å². The minimum atomic E-state index is -1.80. The number of anilines is 4. The number of benzene rings is 1. The standard InChI is InChI=1S/C48H50F2N12O6/c1-25(2)58-37-15-42(53-20-34(37)45(65)56-22-39(49)47(4,5)67)62-24-36(33-14-31(59-26(3)63)19-55-44(33)62)29-11-30(13-32(64)12-29)60-38-16-41(61-9-8-28-10-27(17-51)18-54-43(28)61)52-21-35(38)46(66)57-23-40(50)48(6,7)68/h8-16,18-21,24-25,39-40,64,67-68H,22-23H2,1-7H3,(H,52,60)(H,53,58)(H,56,65)(H,57,66)(H,59,63)/t39-,40-/m1/s1. The number of hydrogen-bond donors (Lipinski definition) is 8. The van der Waals surface area contributed by atoms with E-state index in [1.807, 2.05) is 13.8 Å². The Balaban J connectivity index is 1.32. The number of aliphatic hydroxyl groups is 2. The van der Waals surface area contributed by atoms with Gasteiger partial charge in [-0.1, -0.05) is 0 Å². The molecule has 3 amide bonds. The summed E-state index contributed by atoms with van der Waals surface area (Å²) < 4.78 is 32.8. The van der Waals surface area contributed by atoms with Gasteiger partial charge in [0, 0.05) is 84.2 Å². The number of pyridine rings is 4. The molecular weight excluding hydrogens is 879 g/mol. The van der Waals surface area contributed by atoms with Gasteiger partial charge < -0.3 is 41.9 Å². The van der Waals surface area contributed by atoms with Crippen LogP contribution in [0.25, 0.3) is 44.8 Å². The van der Waals surface area contributed by atoms with Crippen LogP contribution >= 0.6 is 0 Å². The number of carbonyl (C=O) groups is 3. The molecule has 7 rings (SSSR count). The Bertz CT molecular complexity index is 3110. The number of nitrogens with zero attached hydrogens (tertiary/aromatic N) is 7. The van der Waals surface area contributed by atoms with E-state index < -0.39 is 48.4 Å². The van der Waals surface area contributed by atoms with Gasteiger partial charge >= 0.3 is 0 Å². The summed E-state index contributed by atoms with van der Waals surface area (Å²) in [5, 5.41) is 56.4. The first-order valence-electron chi connectivity index (χ1n) is 21.4. The first-order chi connectivity index (χ1) is 32.1. The fourth-order valence-corrected chi connectivity index (χ4v) is 7.15. The van der Waals surface area contributed by atoms with E-state index in [1.165, 1.54) is 71.5 Å². The molecular formula is C48H50F2N12O6. The van der Waals surface area contributed by atoms with Crippen LogP contribution in [0.3, 0.4) is 0 Å². The number of nitrogens with one attached hydrogen (secondary N) is 5. The molecule has 20 heteroatoms. The Kier molecular flexibility index (Phi) is 13.4. The molecule has 0 saturated heterocycles. The zero-order valence-corrected chi connectivity index (χ0v) is 38.2. The Morgan fingerprint density at radius 2 is 1.37 bits per heavy atom. The number of phenolic OH excluding ortho intramolecular Hbond substituents is 1. The summed E-state index contributed by atoms with van der Waals surface area (Å²) in [5.74, 6) is -1.23. The van der Waals surface area contributed by atoms with Crippen molar-refractivity contribution in [2.24, 2.45) is 0 Å². The van der Waals surface area contributed by atoms with Crippen LogP contribution in [0.15, 0.2) is 85.7 Å². The van der Waals surface area contributed by atoms with Crippen molar-refractivity contribution in [3.05, 3.63) is 102 Å². The van der Waals surface area contributed by atoms with E-state index in [1.54, 1.807) is 57.9 Å². The number of phenols is 1. The monoisotopic (exact) mass is 928 g/mol. The zero-order chi connectivity index (χ0) is 49.2. The summed E-state index contributed by atoms with van der Waals surface area (Å²) in [6.45, 7) is 9.36. The van der Waals surface area contributed by atoms with Crippen molar-refractivity contribution in [3.8, 4) is 34.6 Å². The Labute approximate surface area is 389 Å². The molecule has 8 N–H and O–H groups in total. The third-order valence-corrected chi connectivity index (χ3v) is 10.7. The quantitative estimate of drug-likeness (QED) is 0.0509. The molecule has 0 fully saturated rings. The van der Waals surface area contributed by atoms with Gasteiger partial charge in [0.25, 0.3) is 11.8 Å². The molecule has 0 aliphatic rings. The fourth-order valence-electron chi connectivity index (χ4n) is 7.15. The van der Waals surface area contributed by atoms with Crippen LogP contribution in [0.1, 0.15) is 74.7 Å². The number of aromatic hydroxyl groups is 1. The van der Waals surface area contributed by atoms with Gasteiger partial charge in [0.2, 0.25) is 5.91 Å². The lowest BCUT2D eigenvalue weighted by Gasteiger charge is -2.23. The maximum absolute atomic E-state index is 14.8. The lowest BCUT2D eigenvalue weighted by atomic mass is 10.0. The highest BCUT2D eigenvalue weighted by Gasteiger charge is 2.29. The van der Waals surface area contributed by atoms with E-state index in [-0.39, 0.29) is 34.5 Å². The highest BCUT2D eigenvalue weighted by atomic mass is 19.1. The van der Waals surface area contributed by atoms with Crippen LogP contribution < -0.4 is 26.6 Å². The van der Waals surface area contributed by atoms with Gasteiger partial charge in [-0.25, -0.2) is 28.7 Å². The molecule has 352 valence electrons. The molecule has 0 spiro atoms. The highest BCUT2D eigenvalue weighted by molar-refractivity contribution is 6.02. The van der Waals surface area contributed by atoms with E-state index in [0.29, 0.717) is 67.5 Å². The molecule has 2 atom stereocenters. The molecule has 7 aromatic rings. The molecule has 0 aliphatic heterocycles. The number of nitriles is 1. The Morgan fingerprint density at radius 3 is 1.97 bits per heavy atom. The molecule has 6 aromatic heterocycles. The van der Waals surface area contributed by atoms with Gasteiger partial charge in [-0.2, -0.15) is 5.26 Å². The van der Waals surface area contributed by atoms with E-state index >= 15 is 0 Å². The van der Waals surface area contributed by atoms with Crippen LogP contribution in [-0.4, -0.2) is 105 Å². The van der Waals surface area contributed by atoms with Crippen molar-refractivity contribution < 1.29 is 38.5 Å². The summed E-state index contributed by atoms with van der Waals surface area (Å²) in [4.78, 5) is 57.5. The second-order valence-electron chi connectivity index (χ2n) is 17.7. The van der Waals surface area contributed by atoms with Crippen molar-refractivity contribution in [1.29, 1.82) is 5.26 Å². The van der Waals surface area contributed by atoms with Crippen molar-refractivity contribution in [3.63, 3.8) is 0 Å². The van der Waals surface area contributed by atoms with Gasteiger partial charge in [0.1, 0.15) is 47.1 Å². The maximum Gasteiger partial charge on any atom is 0.255 e. The predicted octanol–water partition coefficient (Wildman–Crippen LogP) is 6.60. The number of amides is 3. The summed E-state index contributed by atoms with van der Waals surface area (Å²) in [5.41, 5.74) is 0.114. The van der Waals surface area contributed by atoms with Gasteiger partial charge in [0.15, 0.2) is 0 Å². The Morgan fingerprint density at radius 1 is 0.765 bits per heavy atom. The fraction of sp³-hybridized carbons (Fsp3) is 0.292. The van der Waals surface area contributed by atoms with Crippen molar-refractivity contribution in [2.75, 3.05) is 29.0 Å². The molecule has 0 radical (unpaired) electrons. The van der Waals surface area contributed by atoms with Gasteiger partial charge in [-0.3, -0.25) is 23.5 Å². The maximum atomic E-state index is 14.8. The summed E-state index contributed by atoms with van der Waals surface area (Å²) in [6, 6.07) is 14.9. The normalized spacial score (nSPS) is 12.7. The van der Waals surface area contributed by atoms with E-state index in [0.717, 1.165) is 0 Å². The average Bonchev–Trinajstić information content (AvgIpc) is 3.87. The average molecular weight is 929 g/mol. The third-order valence-electron chi connectivity index (χ3n) is 10.7. The van der Waals surface area contributed by atoms with Crippen molar-refractivity contribution >= 4 is 62.5 Å². The SMILES string of the molecule is CC(=O)Nc1cnc2c(c1)c(-c1cc(O)cc(Nc3cc(-n4ccc5cc(C#N)cnc54)ncc3C(=O)NC[C@@H](F)C(C)(C)O)c1)cn2-c1cc(NC(C)C)c(C(=O)NC[C@@H](F)C(C)(C)O)cn1. The first-order valence-corrected chi connectivity index (χ1v) is 21.4. The van der Waals surface area contributed by atoms with Crippen molar-refractivity contribution in [2.45, 2.75) is 78.1 Å². The molecule has 0 unspecified atom stereocenters. The lowest BCUT2D eigenvalue weighted by Crippen LogP contribution is -2.42. The van der Waals surface area contributed by atoms with Gasteiger partial charge in [-0.15, -0.1) is 0 Å². The number of fused-ring (bicyclic) bond motifs is 2. The minimum Gasteiger partial charge on any atom is -0.508 e. The zero-order valence-electron chi connectivity index (χ0n) is 38.2. The molecule has 0 bridgehead atoms. The third kappa shape index (κ3) is 10.6. The number of hydrogen-bond acceptors (Lipinski definition) is 13. The topological polar surface area (TPSA) is 257 Å². The molecule has 68 heavy (non-hydrogen) atoms. The summed E-state index contributed by atoms with van der Waals surface area (Å²) in [6.07, 6.45) is 5.41. The number of halogens is 2. The second-order valence-corrected chi connectivity index (χ2v) is 17.7. The summed E-state index contributed by atoms with van der Waals surface area (Å²) in [7, 11) is 0. The van der Waals surface area contributed by atoms with Crippen LogP contribution in [0.5, 0.6) is 5.75 Å². The minimum absolute atomic E-state index is 0.00529. The van der Waals surface area contributed by atoms with E-state index in [9.17, 15) is 43.7 Å². The van der Waals surface area contributed by atoms with Crippen LogP contribution in [0.2, 0.25) is 0 Å². The van der Waals surface area contributed by atoms with Gasteiger partial charge in [0.05, 0.1) is 64.2 Å². The van der Waals surface area contributed by atoms with Crippen LogP contribution in [0, 0.1) is 11.3 Å². The smallest absolute Gasteiger partial charge is 0.255 e. The largest absolute Gasteiger partial charge is 0.508 e. The highest BCUT2D eigenvalue weighted by Crippen LogP contribution is 2.38. The Hall–Kier alpha value is -8.02. The van der Waals surface area contributed by atoms with Crippen LogP contribution in [-0.2, 0) is 4.79 Å². The predicted molar refractivity (Wildman–Crippen MR) is 253 cm³/mol. The molecule has 6 heterocycles. The second kappa shape index (κ2) is 19.1. The van der Waals surface area contributed by atoms with Crippen molar-refractivity contribution in [1.82, 2.24) is 39.7 Å². The molecule has 1 aromatic carbocycles. The van der Waals surface area contributed by atoms with Crippen LogP contribution in [0.4, 0.5) is 31.5 Å². The van der Waals surface area contributed by atoms with Gasteiger partial charge in [-0.05, 0) is 77.4 Å². The molecule has 18 nitrogen and oxygen atoms in total. The first kappa shape index (κ1) is 47.9. The summed E-state index contributed by atoms with van der Waals surface area (Å²) >= 11 is 0. The molecule has 0 aliphatic carbocycles. The number of rotatable bonds is 16. The number of carbonyl (C=O) groups excluding carboxylic acids is 3. The number of aromatic nitrogens is 6. The lowest BCUT2D eigenvalue weighted by molar-refractivity contribution is -0.114. The van der Waals surface area contributed by atoms with E-state index in [4.69, 9.17) is 0 Å².